The third-order valence-electron chi connectivity index (χ3n) is 3.17. The zero-order valence-electron chi connectivity index (χ0n) is 10.9. The molecule has 1 saturated heterocycles. The Balaban J connectivity index is 1.76. The predicted molar refractivity (Wildman–Crippen MR) is 79.2 cm³/mol. The highest BCUT2D eigenvalue weighted by Crippen LogP contribution is 2.20. The Hall–Kier alpha value is -1.09. The van der Waals surface area contributed by atoms with E-state index in [9.17, 15) is 0 Å². The summed E-state index contributed by atoms with van der Waals surface area (Å²) in [4.78, 5) is 2.41. The average molecular weight is 324 g/mol. The Kier molecular flexibility index (Phi) is 5.64. The van der Waals surface area contributed by atoms with Crippen molar-refractivity contribution in [3.05, 3.63) is 28.2 Å². The molecule has 0 aliphatic carbocycles. The second kappa shape index (κ2) is 7.49. The van der Waals surface area contributed by atoms with E-state index in [1.807, 2.05) is 18.2 Å². The minimum Gasteiger partial charge on any atom is -0.384 e. The van der Waals surface area contributed by atoms with Gasteiger partial charge in [-0.15, -0.1) is 0 Å². The van der Waals surface area contributed by atoms with Crippen molar-refractivity contribution in [1.82, 2.24) is 4.90 Å². The average Bonchev–Trinajstić information content (AvgIpc) is 2.45. The molecule has 0 bridgehead atoms. The number of anilines is 1. The number of nitrogens with zero attached hydrogens (tertiary/aromatic N) is 2. The normalized spacial score (nSPS) is 16.0. The van der Waals surface area contributed by atoms with Gasteiger partial charge in [0.25, 0.3) is 0 Å². The van der Waals surface area contributed by atoms with Crippen molar-refractivity contribution >= 4 is 21.6 Å². The van der Waals surface area contributed by atoms with Gasteiger partial charge < -0.3 is 10.1 Å². The molecular weight excluding hydrogens is 306 g/mol. The molecule has 0 spiro atoms. The number of hydrogen-bond acceptors (Lipinski definition) is 4. The zero-order valence-corrected chi connectivity index (χ0v) is 12.4. The lowest BCUT2D eigenvalue weighted by atomic mass is 10.2. The van der Waals surface area contributed by atoms with Crippen molar-refractivity contribution in [2.75, 3.05) is 44.7 Å². The summed E-state index contributed by atoms with van der Waals surface area (Å²) in [6.07, 6.45) is 1.07. The third-order valence-corrected chi connectivity index (χ3v) is 3.67. The fourth-order valence-electron chi connectivity index (χ4n) is 2.11. The number of rotatable bonds is 5. The first-order valence-corrected chi connectivity index (χ1v) is 7.32. The molecule has 1 aliphatic rings. The van der Waals surface area contributed by atoms with E-state index in [0.29, 0.717) is 5.56 Å². The van der Waals surface area contributed by atoms with Gasteiger partial charge in [-0.1, -0.05) is 15.9 Å². The van der Waals surface area contributed by atoms with E-state index in [4.69, 9.17) is 10.00 Å². The molecule has 1 aliphatic heterocycles. The van der Waals surface area contributed by atoms with Crippen LogP contribution >= 0.6 is 15.9 Å². The lowest BCUT2D eigenvalue weighted by Gasteiger charge is -2.26. The first kappa shape index (κ1) is 14.3. The molecule has 1 aromatic rings. The molecular formula is C14H18BrN3O. The number of morpholine rings is 1. The summed E-state index contributed by atoms with van der Waals surface area (Å²) in [5, 5.41) is 12.4. The maximum Gasteiger partial charge on any atom is 0.101 e. The van der Waals surface area contributed by atoms with Gasteiger partial charge >= 0.3 is 0 Å². The number of halogens is 1. The van der Waals surface area contributed by atoms with E-state index >= 15 is 0 Å². The van der Waals surface area contributed by atoms with Crippen LogP contribution < -0.4 is 5.32 Å². The second-order valence-electron chi connectivity index (χ2n) is 4.54. The molecule has 102 valence electrons. The van der Waals surface area contributed by atoms with E-state index in [1.54, 1.807) is 0 Å². The quantitative estimate of drug-likeness (QED) is 0.845. The van der Waals surface area contributed by atoms with Crippen LogP contribution in [0.4, 0.5) is 5.69 Å². The van der Waals surface area contributed by atoms with Crippen LogP contribution in [0.25, 0.3) is 0 Å². The molecule has 0 aromatic heterocycles. The molecule has 1 fully saturated rings. The molecule has 0 radical (unpaired) electrons. The first-order valence-electron chi connectivity index (χ1n) is 6.53. The number of nitriles is 1. The van der Waals surface area contributed by atoms with Gasteiger partial charge in [0.2, 0.25) is 0 Å². The van der Waals surface area contributed by atoms with Crippen LogP contribution in [0.2, 0.25) is 0 Å². The van der Waals surface area contributed by atoms with Gasteiger partial charge in [-0.3, -0.25) is 4.90 Å². The largest absolute Gasteiger partial charge is 0.384 e. The van der Waals surface area contributed by atoms with Crippen LogP contribution in [0.15, 0.2) is 22.7 Å². The Bertz CT molecular complexity index is 452. The molecule has 1 N–H and O–H groups in total. The smallest absolute Gasteiger partial charge is 0.101 e. The number of hydrogen-bond donors (Lipinski definition) is 1. The van der Waals surface area contributed by atoms with Gasteiger partial charge in [0.1, 0.15) is 6.07 Å². The molecule has 1 aromatic carbocycles. The van der Waals surface area contributed by atoms with Crippen LogP contribution in [-0.2, 0) is 4.74 Å². The minimum atomic E-state index is 0.689. The van der Waals surface area contributed by atoms with E-state index in [2.05, 4.69) is 32.2 Å². The molecule has 4 nitrogen and oxygen atoms in total. The number of ether oxygens (including phenoxy) is 1. The van der Waals surface area contributed by atoms with Crippen LogP contribution in [-0.4, -0.2) is 44.3 Å². The van der Waals surface area contributed by atoms with E-state index in [-0.39, 0.29) is 0 Å². The Morgan fingerprint density at radius 1 is 1.37 bits per heavy atom. The Morgan fingerprint density at radius 2 is 2.16 bits per heavy atom. The molecule has 19 heavy (non-hydrogen) atoms. The monoisotopic (exact) mass is 323 g/mol. The van der Waals surface area contributed by atoms with Crippen molar-refractivity contribution in [2.24, 2.45) is 0 Å². The molecule has 5 heteroatoms. The van der Waals surface area contributed by atoms with Gasteiger partial charge in [0, 0.05) is 24.1 Å². The number of benzene rings is 1. The lowest BCUT2D eigenvalue weighted by Crippen LogP contribution is -2.37. The van der Waals surface area contributed by atoms with Crippen LogP contribution in [0.3, 0.4) is 0 Å². The third kappa shape index (κ3) is 4.50. The summed E-state index contributed by atoms with van der Waals surface area (Å²) in [6, 6.07) is 7.87. The summed E-state index contributed by atoms with van der Waals surface area (Å²) in [5.41, 5.74) is 1.59. The molecule has 1 heterocycles. The van der Waals surface area contributed by atoms with E-state index in [0.717, 1.165) is 56.0 Å². The number of nitrogens with one attached hydrogen (secondary N) is 1. The molecule has 0 saturated carbocycles. The SMILES string of the molecule is N#Cc1ccc(Br)cc1NCCCN1CCOCC1. The lowest BCUT2D eigenvalue weighted by molar-refractivity contribution is 0.0378. The summed E-state index contributed by atoms with van der Waals surface area (Å²) in [6.45, 7) is 5.70. The van der Waals surface area contributed by atoms with E-state index < -0.39 is 0 Å². The fraction of sp³-hybridized carbons (Fsp3) is 0.500. The zero-order chi connectivity index (χ0) is 13.5. The maximum absolute atomic E-state index is 9.04. The van der Waals surface area contributed by atoms with Crippen molar-refractivity contribution in [3.63, 3.8) is 0 Å². The van der Waals surface area contributed by atoms with Crippen LogP contribution in [0, 0.1) is 11.3 Å². The summed E-state index contributed by atoms with van der Waals surface area (Å²) < 4.78 is 6.31. The molecule has 0 unspecified atom stereocenters. The van der Waals surface area contributed by atoms with Crippen molar-refractivity contribution in [2.45, 2.75) is 6.42 Å². The molecule has 0 amide bonds. The first-order chi connectivity index (χ1) is 9.29. The Morgan fingerprint density at radius 3 is 2.89 bits per heavy atom. The highest BCUT2D eigenvalue weighted by Gasteiger charge is 2.09. The predicted octanol–water partition coefficient (Wildman–Crippen LogP) is 2.45. The topological polar surface area (TPSA) is 48.3 Å². The second-order valence-corrected chi connectivity index (χ2v) is 5.45. The van der Waals surface area contributed by atoms with Crippen molar-refractivity contribution in [1.29, 1.82) is 5.26 Å². The highest BCUT2D eigenvalue weighted by molar-refractivity contribution is 9.10. The summed E-state index contributed by atoms with van der Waals surface area (Å²) in [7, 11) is 0. The summed E-state index contributed by atoms with van der Waals surface area (Å²) >= 11 is 3.43. The van der Waals surface area contributed by atoms with Gasteiger partial charge in [-0.05, 0) is 31.2 Å². The summed E-state index contributed by atoms with van der Waals surface area (Å²) in [5.74, 6) is 0. The molecule has 0 atom stereocenters. The molecule has 2 rings (SSSR count). The maximum atomic E-state index is 9.04. The highest BCUT2D eigenvalue weighted by atomic mass is 79.9. The Labute approximate surface area is 122 Å². The van der Waals surface area contributed by atoms with Gasteiger partial charge in [-0.25, -0.2) is 0 Å². The fourth-order valence-corrected chi connectivity index (χ4v) is 2.47. The minimum absolute atomic E-state index is 0.689. The van der Waals surface area contributed by atoms with Crippen molar-refractivity contribution < 1.29 is 4.74 Å². The van der Waals surface area contributed by atoms with Gasteiger partial charge in [0.15, 0.2) is 0 Å². The van der Waals surface area contributed by atoms with Gasteiger partial charge in [0.05, 0.1) is 24.5 Å². The van der Waals surface area contributed by atoms with Gasteiger partial charge in [-0.2, -0.15) is 5.26 Å². The van der Waals surface area contributed by atoms with Crippen LogP contribution in [0.1, 0.15) is 12.0 Å². The van der Waals surface area contributed by atoms with Crippen molar-refractivity contribution in [3.8, 4) is 6.07 Å². The van der Waals surface area contributed by atoms with E-state index in [1.165, 1.54) is 0 Å². The van der Waals surface area contributed by atoms with Crippen LogP contribution in [0.5, 0.6) is 0 Å². The standard InChI is InChI=1S/C14H18BrN3O/c15-13-3-2-12(11-16)14(10-13)17-4-1-5-18-6-8-19-9-7-18/h2-3,10,17H,1,4-9H2.